The minimum atomic E-state index is -0.0984. The van der Waals surface area contributed by atoms with Gasteiger partial charge < -0.3 is 14.8 Å². The zero-order chi connectivity index (χ0) is 16.7. The van der Waals surface area contributed by atoms with Gasteiger partial charge in [-0.15, -0.1) is 11.8 Å². The van der Waals surface area contributed by atoms with Crippen LogP contribution in [0.25, 0.3) is 0 Å². The van der Waals surface area contributed by atoms with Gasteiger partial charge in [-0.3, -0.25) is 4.79 Å². The Balaban J connectivity index is 1.93. The van der Waals surface area contributed by atoms with E-state index in [0.29, 0.717) is 17.3 Å². The summed E-state index contributed by atoms with van der Waals surface area (Å²) in [6.07, 6.45) is 0. The number of benzene rings is 2. The summed E-state index contributed by atoms with van der Waals surface area (Å²) in [5.41, 5.74) is 0.973. The van der Waals surface area contributed by atoms with Crippen molar-refractivity contribution in [1.29, 1.82) is 0 Å². The van der Waals surface area contributed by atoms with E-state index in [4.69, 9.17) is 9.47 Å². The molecule has 1 atom stereocenters. The SMILES string of the molecule is COc1ccc([C@H](C)NC(=O)CSc2ccccc2)cc1OC. The summed E-state index contributed by atoms with van der Waals surface area (Å²) in [5, 5.41) is 3.00. The lowest BCUT2D eigenvalue weighted by molar-refractivity contribution is -0.119. The van der Waals surface area contributed by atoms with Gasteiger partial charge in [0.25, 0.3) is 0 Å². The van der Waals surface area contributed by atoms with E-state index in [2.05, 4.69) is 5.32 Å². The molecule has 0 spiro atoms. The number of nitrogens with one attached hydrogen (secondary N) is 1. The van der Waals surface area contributed by atoms with Crippen LogP contribution < -0.4 is 14.8 Å². The first-order valence-corrected chi connectivity index (χ1v) is 8.31. The number of ether oxygens (including phenoxy) is 2. The molecule has 0 unspecified atom stereocenters. The Kier molecular flexibility index (Phi) is 6.35. The van der Waals surface area contributed by atoms with Crippen molar-refractivity contribution in [2.45, 2.75) is 17.9 Å². The minimum absolute atomic E-state index is 0.00105. The minimum Gasteiger partial charge on any atom is -0.493 e. The topological polar surface area (TPSA) is 47.6 Å². The number of carbonyl (C=O) groups is 1. The smallest absolute Gasteiger partial charge is 0.230 e. The number of hydrogen-bond acceptors (Lipinski definition) is 4. The van der Waals surface area contributed by atoms with Crippen molar-refractivity contribution in [3.63, 3.8) is 0 Å². The van der Waals surface area contributed by atoms with Crippen LogP contribution >= 0.6 is 11.8 Å². The molecule has 122 valence electrons. The van der Waals surface area contributed by atoms with Crippen LogP contribution in [0.2, 0.25) is 0 Å². The fourth-order valence-corrected chi connectivity index (χ4v) is 2.88. The van der Waals surface area contributed by atoms with E-state index in [1.807, 2.05) is 55.5 Å². The average molecular weight is 331 g/mol. The monoisotopic (exact) mass is 331 g/mol. The molecule has 5 heteroatoms. The molecule has 2 aromatic carbocycles. The first kappa shape index (κ1) is 17.2. The molecular weight excluding hydrogens is 310 g/mol. The second-order valence-electron chi connectivity index (χ2n) is 5.01. The highest BCUT2D eigenvalue weighted by molar-refractivity contribution is 8.00. The maximum atomic E-state index is 12.1. The summed E-state index contributed by atoms with van der Waals surface area (Å²) in [5.74, 6) is 1.72. The number of amides is 1. The molecule has 0 radical (unpaired) electrons. The summed E-state index contributed by atoms with van der Waals surface area (Å²) >= 11 is 1.52. The van der Waals surface area contributed by atoms with Gasteiger partial charge >= 0.3 is 0 Å². The standard InChI is InChI=1S/C18H21NO3S/c1-13(14-9-10-16(21-2)17(11-14)22-3)19-18(20)12-23-15-7-5-4-6-8-15/h4-11,13H,12H2,1-3H3,(H,19,20)/t13-/m0/s1. The van der Waals surface area contributed by atoms with Crippen molar-refractivity contribution in [2.24, 2.45) is 0 Å². The van der Waals surface area contributed by atoms with Crippen LogP contribution in [0.1, 0.15) is 18.5 Å². The normalized spacial score (nSPS) is 11.6. The second-order valence-corrected chi connectivity index (χ2v) is 6.05. The van der Waals surface area contributed by atoms with Crippen LogP contribution in [0.5, 0.6) is 11.5 Å². The lowest BCUT2D eigenvalue weighted by atomic mass is 10.1. The Bertz CT molecular complexity index is 646. The van der Waals surface area contributed by atoms with Crippen LogP contribution in [0.15, 0.2) is 53.4 Å². The summed E-state index contributed by atoms with van der Waals surface area (Å²) in [7, 11) is 3.20. The Labute approximate surface area is 141 Å². The van der Waals surface area contributed by atoms with Crippen molar-refractivity contribution < 1.29 is 14.3 Å². The quantitative estimate of drug-likeness (QED) is 0.786. The predicted octanol–water partition coefficient (Wildman–Crippen LogP) is 3.67. The first-order valence-electron chi connectivity index (χ1n) is 7.33. The van der Waals surface area contributed by atoms with Gasteiger partial charge in [0, 0.05) is 4.90 Å². The number of hydrogen-bond donors (Lipinski definition) is 1. The highest BCUT2D eigenvalue weighted by Gasteiger charge is 2.13. The Morgan fingerprint density at radius 2 is 1.78 bits per heavy atom. The molecule has 0 aliphatic carbocycles. The van der Waals surface area contributed by atoms with E-state index >= 15 is 0 Å². The van der Waals surface area contributed by atoms with Gasteiger partial charge in [-0.2, -0.15) is 0 Å². The van der Waals surface area contributed by atoms with Crippen molar-refractivity contribution in [3.8, 4) is 11.5 Å². The molecule has 23 heavy (non-hydrogen) atoms. The van der Waals surface area contributed by atoms with Crippen LogP contribution in [0, 0.1) is 0 Å². The van der Waals surface area contributed by atoms with Crippen molar-refractivity contribution in [3.05, 3.63) is 54.1 Å². The van der Waals surface area contributed by atoms with E-state index in [9.17, 15) is 4.79 Å². The van der Waals surface area contributed by atoms with Crippen molar-refractivity contribution in [1.82, 2.24) is 5.32 Å². The van der Waals surface area contributed by atoms with Crippen LogP contribution in [0.4, 0.5) is 0 Å². The van der Waals surface area contributed by atoms with E-state index in [1.165, 1.54) is 11.8 Å². The third kappa shape index (κ3) is 4.93. The lowest BCUT2D eigenvalue weighted by Crippen LogP contribution is -2.28. The fourth-order valence-electron chi connectivity index (χ4n) is 2.15. The van der Waals surface area contributed by atoms with Crippen molar-refractivity contribution >= 4 is 17.7 Å². The molecule has 0 saturated heterocycles. The summed E-state index contributed by atoms with van der Waals surface area (Å²) in [4.78, 5) is 13.2. The van der Waals surface area contributed by atoms with E-state index in [1.54, 1.807) is 14.2 Å². The van der Waals surface area contributed by atoms with Gasteiger partial charge in [-0.1, -0.05) is 24.3 Å². The lowest BCUT2D eigenvalue weighted by Gasteiger charge is -2.16. The van der Waals surface area contributed by atoms with Crippen molar-refractivity contribution in [2.75, 3.05) is 20.0 Å². The van der Waals surface area contributed by atoms with Gasteiger partial charge in [0.05, 0.1) is 26.0 Å². The molecule has 0 aromatic heterocycles. The van der Waals surface area contributed by atoms with Crippen LogP contribution in [-0.4, -0.2) is 25.9 Å². The summed E-state index contributed by atoms with van der Waals surface area (Å²) in [6, 6.07) is 15.4. The largest absolute Gasteiger partial charge is 0.493 e. The van der Waals surface area contributed by atoms with Crippen LogP contribution in [-0.2, 0) is 4.79 Å². The molecular formula is C18H21NO3S. The maximum absolute atomic E-state index is 12.1. The molecule has 0 heterocycles. The molecule has 0 fully saturated rings. The van der Waals surface area contributed by atoms with E-state index in [0.717, 1.165) is 10.5 Å². The number of methoxy groups -OCH3 is 2. The fraction of sp³-hybridized carbons (Fsp3) is 0.278. The molecule has 0 saturated carbocycles. The second kappa shape index (κ2) is 8.48. The third-order valence-corrected chi connectivity index (χ3v) is 4.41. The average Bonchev–Trinajstić information content (AvgIpc) is 2.60. The molecule has 2 aromatic rings. The molecule has 2 rings (SSSR count). The van der Waals surface area contributed by atoms with E-state index in [-0.39, 0.29) is 11.9 Å². The molecule has 0 aliphatic rings. The Morgan fingerprint density at radius 3 is 2.43 bits per heavy atom. The molecule has 0 bridgehead atoms. The third-order valence-electron chi connectivity index (χ3n) is 3.40. The van der Waals surface area contributed by atoms with Gasteiger partial charge in [-0.05, 0) is 36.8 Å². The van der Waals surface area contributed by atoms with E-state index < -0.39 is 0 Å². The summed E-state index contributed by atoms with van der Waals surface area (Å²) in [6.45, 7) is 1.95. The summed E-state index contributed by atoms with van der Waals surface area (Å²) < 4.78 is 10.5. The van der Waals surface area contributed by atoms with Gasteiger partial charge in [0.15, 0.2) is 11.5 Å². The number of rotatable bonds is 7. The number of thioether (sulfide) groups is 1. The van der Waals surface area contributed by atoms with Gasteiger partial charge in [0.2, 0.25) is 5.91 Å². The molecule has 1 amide bonds. The van der Waals surface area contributed by atoms with Crippen LogP contribution in [0.3, 0.4) is 0 Å². The molecule has 0 aliphatic heterocycles. The number of carbonyl (C=O) groups excluding carboxylic acids is 1. The highest BCUT2D eigenvalue weighted by Crippen LogP contribution is 2.29. The highest BCUT2D eigenvalue weighted by atomic mass is 32.2. The zero-order valence-corrected chi connectivity index (χ0v) is 14.4. The maximum Gasteiger partial charge on any atom is 0.230 e. The predicted molar refractivity (Wildman–Crippen MR) is 93.3 cm³/mol. The molecule has 1 N–H and O–H groups in total. The zero-order valence-electron chi connectivity index (χ0n) is 13.5. The Hall–Kier alpha value is -2.14. The Morgan fingerprint density at radius 1 is 1.09 bits per heavy atom. The molecule has 4 nitrogen and oxygen atoms in total. The van der Waals surface area contributed by atoms with Gasteiger partial charge in [0.1, 0.15) is 0 Å². The first-order chi connectivity index (χ1) is 11.1. The van der Waals surface area contributed by atoms with Gasteiger partial charge in [-0.25, -0.2) is 0 Å².